The SMILES string of the molecule is CNC(CCC1CCCCC1)c1cccc(Br)c1F. The van der Waals surface area contributed by atoms with Gasteiger partial charge in [0.2, 0.25) is 0 Å². The third kappa shape index (κ3) is 4.03. The first-order valence-corrected chi connectivity index (χ1v) is 8.13. The molecule has 1 fully saturated rings. The Labute approximate surface area is 124 Å². The van der Waals surface area contributed by atoms with Crippen LogP contribution < -0.4 is 5.32 Å². The minimum absolute atomic E-state index is 0.120. The van der Waals surface area contributed by atoms with Gasteiger partial charge in [-0.05, 0) is 47.8 Å². The molecule has 1 aromatic rings. The maximum atomic E-state index is 14.1. The second-order valence-electron chi connectivity index (χ2n) is 5.57. The van der Waals surface area contributed by atoms with Gasteiger partial charge in [0.05, 0.1) is 4.47 Å². The number of hydrogen-bond acceptors (Lipinski definition) is 1. The lowest BCUT2D eigenvalue weighted by molar-refractivity contribution is 0.316. The molecule has 1 aliphatic carbocycles. The normalized spacial score (nSPS) is 18.5. The summed E-state index contributed by atoms with van der Waals surface area (Å²) in [5.41, 5.74) is 0.785. The fraction of sp³-hybridized carbons (Fsp3) is 0.625. The van der Waals surface area contributed by atoms with Crippen molar-refractivity contribution in [2.75, 3.05) is 7.05 Å². The quantitative estimate of drug-likeness (QED) is 0.782. The van der Waals surface area contributed by atoms with E-state index in [4.69, 9.17) is 0 Å². The van der Waals surface area contributed by atoms with E-state index in [9.17, 15) is 4.39 Å². The molecule has 1 saturated carbocycles. The van der Waals surface area contributed by atoms with E-state index in [1.807, 2.05) is 19.2 Å². The zero-order valence-corrected chi connectivity index (χ0v) is 13.2. The number of halogens is 2. The van der Waals surface area contributed by atoms with Crippen molar-refractivity contribution in [1.82, 2.24) is 5.32 Å². The smallest absolute Gasteiger partial charge is 0.142 e. The number of hydrogen-bond donors (Lipinski definition) is 1. The van der Waals surface area contributed by atoms with Crippen LogP contribution in [0.4, 0.5) is 4.39 Å². The Bertz CT molecular complexity index is 402. The van der Waals surface area contributed by atoms with Gasteiger partial charge >= 0.3 is 0 Å². The van der Waals surface area contributed by atoms with Crippen molar-refractivity contribution in [2.45, 2.75) is 51.0 Å². The lowest BCUT2D eigenvalue weighted by atomic mass is 9.84. The molecule has 0 aliphatic heterocycles. The maximum absolute atomic E-state index is 14.1. The standard InChI is InChI=1S/C16H23BrFN/c1-19-15(11-10-12-6-3-2-4-7-12)13-8-5-9-14(17)16(13)18/h5,8-9,12,15,19H,2-4,6-7,10-11H2,1H3. The first kappa shape index (κ1) is 15.0. The van der Waals surface area contributed by atoms with Gasteiger partial charge in [-0.15, -0.1) is 0 Å². The van der Waals surface area contributed by atoms with Crippen LogP contribution in [0.5, 0.6) is 0 Å². The Hall–Kier alpha value is -0.410. The van der Waals surface area contributed by atoms with Crippen molar-refractivity contribution >= 4 is 15.9 Å². The molecule has 1 nitrogen and oxygen atoms in total. The molecule has 1 unspecified atom stereocenters. The molecule has 3 heteroatoms. The zero-order chi connectivity index (χ0) is 13.7. The summed E-state index contributed by atoms with van der Waals surface area (Å²) in [4.78, 5) is 0. The largest absolute Gasteiger partial charge is 0.313 e. The molecular formula is C16H23BrFN. The summed E-state index contributed by atoms with van der Waals surface area (Å²) in [5, 5.41) is 3.27. The van der Waals surface area contributed by atoms with Crippen LogP contribution in [0.15, 0.2) is 22.7 Å². The Morgan fingerprint density at radius 3 is 2.74 bits per heavy atom. The second-order valence-corrected chi connectivity index (χ2v) is 6.42. The molecule has 0 radical (unpaired) electrons. The van der Waals surface area contributed by atoms with Crippen molar-refractivity contribution in [3.63, 3.8) is 0 Å². The summed E-state index contributed by atoms with van der Waals surface area (Å²) in [5.74, 6) is 0.727. The van der Waals surface area contributed by atoms with Crippen LogP contribution in [-0.4, -0.2) is 7.05 Å². The van der Waals surface area contributed by atoms with Crippen LogP contribution in [-0.2, 0) is 0 Å². The molecular weight excluding hydrogens is 305 g/mol. The zero-order valence-electron chi connectivity index (χ0n) is 11.6. The van der Waals surface area contributed by atoms with Crippen molar-refractivity contribution < 1.29 is 4.39 Å². The van der Waals surface area contributed by atoms with Crippen LogP contribution in [0.2, 0.25) is 0 Å². The minimum atomic E-state index is -0.120. The van der Waals surface area contributed by atoms with Gasteiger partial charge in [0.15, 0.2) is 0 Å². The van der Waals surface area contributed by atoms with E-state index < -0.39 is 0 Å². The van der Waals surface area contributed by atoms with Crippen molar-refractivity contribution in [3.8, 4) is 0 Å². The van der Waals surface area contributed by atoms with Gasteiger partial charge in [-0.1, -0.05) is 44.2 Å². The van der Waals surface area contributed by atoms with Gasteiger partial charge in [0.25, 0.3) is 0 Å². The number of rotatable bonds is 5. The van der Waals surface area contributed by atoms with Crippen LogP contribution in [0.3, 0.4) is 0 Å². The van der Waals surface area contributed by atoms with Crippen LogP contribution >= 0.6 is 15.9 Å². The van der Waals surface area contributed by atoms with Gasteiger partial charge in [0.1, 0.15) is 5.82 Å². The molecule has 0 bridgehead atoms. The summed E-state index contributed by atoms with van der Waals surface area (Å²) in [6, 6.07) is 5.68. The molecule has 2 rings (SSSR count). The molecule has 0 saturated heterocycles. The summed E-state index contributed by atoms with van der Waals surface area (Å²) in [6.07, 6.45) is 9.09. The van der Waals surface area contributed by atoms with Crippen LogP contribution in [0.25, 0.3) is 0 Å². The Morgan fingerprint density at radius 2 is 2.05 bits per heavy atom. The highest BCUT2D eigenvalue weighted by Crippen LogP contribution is 2.32. The van der Waals surface area contributed by atoms with E-state index in [-0.39, 0.29) is 11.9 Å². The Kier molecular flexibility index (Phi) is 5.83. The van der Waals surface area contributed by atoms with Gasteiger partial charge in [-0.2, -0.15) is 0 Å². The molecule has 1 aliphatic rings. The van der Waals surface area contributed by atoms with E-state index in [0.29, 0.717) is 4.47 Å². The van der Waals surface area contributed by atoms with Crippen molar-refractivity contribution in [1.29, 1.82) is 0 Å². The molecule has 1 N–H and O–H groups in total. The van der Waals surface area contributed by atoms with Gasteiger partial charge in [-0.3, -0.25) is 0 Å². The highest BCUT2D eigenvalue weighted by Gasteiger charge is 2.19. The third-order valence-corrected chi connectivity index (χ3v) is 4.91. The van der Waals surface area contributed by atoms with E-state index in [0.717, 1.165) is 17.9 Å². The molecule has 0 spiro atoms. The Balaban J connectivity index is 1.97. The van der Waals surface area contributed by atoms with E-state index >= 15 is 0 Å². The summed E-state index contributed by atoms with van der Waals surface area (Å²) in [6.45, 7) is 0. The maximum Gasteiger partial charge on any atom is 0.142 e. The fourth-order valence-corrected chi connectivity index (χ4v) is 3.50. The predicted octanol–water partition coefficient (Wildman–Crippen LogP) is 5.21. The highest BCUT2D eigenvalue weighted by molar-refractivity contribution is 9.10. The second kappa shape index (κ2) is 7.39. The van der Waals surface area contributed by atoms with Crippen LogP contribution in [0, 0.1) is 11.7 Å². The van der Waals surface area contributed by atoms with Crippen LogP contribution in [0.1, 0.15) is 56.6 Å². The molecule has 106 valence electrons. The predicted molar refractivity (Wildman–Crippen MR) is 81.7 cm³/mol. The average Bonchev–Trinajstić information content (AvgIpc) is 2.45. The number of benzene rings is 1. The van der Waals surface area contributed by atoms with E-state index in [1.165, 1.54) is 38.5 Å². The molecule has 19 heavy (non-hydrogen) atoms. The first-order valence-electron chi connectivity index (χ1n) is 7.33. The molecule has 0 heterocycles. The van der Waals surface area contributed by atoms with E-state index in [1.54, 1.807) is 6.07 Å². The van der Waals surface area contributed by atoms with Gasteiger partial charge in [0, 0.05) is 11.6 Å². The third-order valence-electron chi connectivity index (χ3n) is 4.29. The summed E-state index contributed by atoms with van der Waals surface area (Å²) >= 11 is 3.27. The highest BCUT2D eigenvalue weighted by atomic mass is 79.9. The van der Waals surface area contributed by atoms with Crippen molar-refractivity contribution in [3.05, 3.63) is 34.1 Å². The molecule has 1 aromatic carbocycles. The molecule has 0 amide bonds. The van der Waals surface area contributed by atoms with E-state index in [2.05, 4.69) is 21.2 Å². The Morgan fingerprint density at radius 1 is 1.32 bits per heavy atom. The molecule has 0 aromatic heterocycles. The first-order chi connectivity index (χ1) is 9.22. The topological polar surface area (TPSA) is 12.0 Å². The monoisotopic (exact) mass is 327 g/mol. The summed E-state index contributed by atoms with van der Waals surface area (Å²) < 4.78 is 14.7. The summed E-state index contributed by atoms with van der Waals surface area (Å²) in [7, 11) is 1.92. The average molecular weight is 328 g/mol. The minimum Gasteiger partial charge on any atom is -0.313 e. The number of nitrogens with one attached hydrogen (secondary N) is 1. The fourth-order valence-electron chi connectivity index (χ4n) is 3.12. The molecule has 1 atom stereocenters. The van der Waals surface area contributed by atoms with Gasteiger partial charge < -0.3 is 5.32 Å². The lowest BCUT2D eigenvalue weighted by Crippen LogP contribution is -2.19. The van der Waals surface area contributed by atoms with Crippen molar-refractivity contribution in [2.24, 2.45) is 5.92 Å². The lowest BCUT2D eigenvalue weighted by Gasteiger charge is -2.24. The van der Waals surface area contributed by atoms with Gasteiger partial charge in [-0.25, -0.2) is 4.39 Å².